The third kappa shape index (κ3) is 3.67. The molecule has 0 N–H and O–H groups in total. The summed E-state index contributed by atoms with van der Waals surface area (Å²) in [5.74, 6) is -0.109. The van der Waals surface area contributed by atoms with Gasteiger partial charge in [0.2, 0.25) is 10.0 Å². The van der Waals surface area contributed by atoms with Crippen molar-refractivity contribution in [1.29, 1.82) is 0 Å². The van der Waals surface area contributed by atoms with Gasteiger partial charge in [0.05, 0.1) is 4.90 Å². The first-order chi connectivity index (χ1) is 12.9. The molecule has 27 heavy (non-hydrogen) atoms. The van der Waals surface area contributed by atoms with Crippen LogP contribution in [0.5, 0.6) is 0 Å². The molecule has 0 unspecified atom stereocenters. The van der Waals surface area contributed by atoms with E-state index in [2.05, 4.69) is 16.3 Å². The number of piperazine rings is 1. The Hall–Kier alpha value is -1.74. The van der Waals surface area contributed by atoms with Crippen LogP contribution in [0.25, 0.3) is 0 Å². The van der Waals surface area contributed by atoms with Gasteiger partial charge in [-0.1, -0.05) is 6.07 Å². The van der Waals surface area contributed by atoms with Crippen LogP contribution < -0.4 is 0 Å². The van der Waals surface area contributed by atoms with Crippen LogP contribution in [0, 0.1) is 0 Å². The fourth-order valence-corrected chi connectivity index (χ4v) is 5.93. The number of hydrogen-bond acceptors (Lipinski definition) is 5. The molecule has 0 saturated carbocycles. The molecule has 4 rings (SSSR count). The zero-order valence-electron chi connectivity index (χ0n) is 15.3. The van der Waals surface area contributed by atoms with E-state index in [0.29, 0.717) is 44.8 Å². The zero-order chi connectivity index (χ0) is 19.0. The number of benzene rings is 1. The number of nitrogens with zero attached hydrogens (tertiary/aromatic N) is 3. The fourth-order valence-electron chi connectivity index (χ4n) is 3.57. The Morgan fingerprint density at radius 1 is 1.07 bits per heavy atom. The smallest absolute Gasteiger partial charge is 0.254 e. The van der Waals surface area contributed by atoms with Crippen molar-refractivity contribution < 1.29 is 13.2 Å². The van der Waals surface area contributed by atoms with Gasteiger partial charge in [0.15, 0.2) is 0 Å². The highest BCUT2D eigenvalue weighted by molar-refractivity contribution is 7.89. The summed E-state index contributed by atoms with van der Waals surface area (Å²) in [6, 6.07) is 8.54. The lowest BCUT2D eigenvalue weighted by Gasteiger charge is -2.31. The number of thiophene rings is 1. The van der Waals surface area contributed by atoms with Crippen molar-refractivity contribution >= 4 is 27.3 Å². The topological polar surface area (TPSA) is 60.9 Å². The quantitative estimate of drug-likeness (QED) is 0.782. The van der Waals surface area contributed by atoms with Crippen LogP contribution in [0.3, 0.4) is 0 Å². The van der Waals surface area contributed by atoms with E-state index in [4.69, 9.17) is 0 Å². The Morgan fingerprint density at radius 2 is 1.85 bits per heavy atom. The molecule has 2 aromatic rings. The van der Waals surface area contributed by atoms with Crippen molar-refractivity contribution in [2.75, 3.05) is 39.8 Å². The predicted octanol–water partition coefficient (Wildman–Crippen LogP) is 1.88. The van der Waals surface area contributed by atoms with E-state index in [-0.39, 0.29) is 10.8 Å². The minimum Gasteiger partial charge on any atom is -0.334 e. The van der Waals surface area contributed by atoms with Gasteiger partial charge in [0.25, 0.3) is 5.91 Å². The number of amides is 1. The van der Waals surface area contributed by atoms with Crippen LogP contribution in [0.1, 0.15) is 20.8 Å². The number of hydrogen-bond donors (Lipinski definition) is 0. The Kier molecular flexibility index (Phi) is 5.07. The second kappa shape index (κ2) is 7.35. The van der Waals surface area contributed by atoms with Gasteiger partial charge in [-0.15, -0.1) is 11.3 Å². The van der Waals surface area contributed by atoms with Crippen molar-refractivity contribution in [2.24, 2.45) is 0 Å². The lowest BCUT2D eigenvalue weighted by atomic mass is 10.1. The molecule has 1 saturated heterocycles. The number of likely N-dealkylation sites (N-methyl/N-ethyl adjacent to an activating group) is 1. The van der Waals surface area contributed by atoms with E-state index in [0.717, 1.165) is 6.42 Å². The maximum atomic E-state index is 13.0. The van der Waals surface area contributed by atoms with Crippen LogP contribution in [0.15, 0.2) is 40.6 Å². The predicted molar refractivity (Wildman–Crippen MR) is 105 cm³/mol. The van der Waals surface area contributed by atoms with Crippen LogP contribution in [-0.2, 0) is 23.0 Å². The highest BCUT2D eigenvalue weighted by atomic mass is 32.2. The van der Waals surface area contributed by atoms with E-state index >= 15 is 0 Å². The number of fused-ring (bicyclic) bond motifs is 1. The Bertz CT molecular complexity index is 947. The van der Waals surface area contributed by atoms with Crippen molar-refractivity contribution in [2.45, 2.75) is 17.9 Å². The van der Waals surface area contributed by atoms with Crippen LogP contribution in [0.4, 0.5) is 0 Å². The molecule has 1 aromatic carbocycles. The maximum absolute atomic E-state index is 13.0. The third-order valence-corrected chi connectivity index (χ3v) is 8.19. The number of rotatable bonds is 3. The molecule has 0 aliphatic carbocycles. The van der Waals surface area contributed by atoms with Gasteiger partial charge < -0.3 is 9.80 Å². The summed E-state index contributed by atoms with van der Waals surface area (Å²) in [6.45, 7) is 3.65. The maximum Gasteiger partial charge on any atom is 0.254 e. The third-order valence-electron chi connectivity index (χ3n) is 5.28. The summed E-state index contributed by atoms with van der Waals surface area (Å²) >= 11 is 1.73. The van der Waals surface area contributed by atoms with E-state index < -0.39 is 10.0 Å². The monoisotopic (exact) mass is 405 g/mol. The van der Waals surface area contributed by atoms with Gasteiger partial charge in [-0.25, -0.2) is 8.42 Å². The second-order valence-corrected chi connectivity index (χ2v) is 10.0. The molecule has 2 aliphatic rings. The molecule has 144 valence electrons. The van der Waals surface area contributed by atoms with Crippen LogP contribution >= 0.6 is 11.3 Å². The van der Waals surface area contributed by atoms with Crippen molar-refractivity contribution in [3.8, 4) is 0 Å². The van der Waals surface area contributed by atoms with Gasteiger partial charge in [0.1, 0.15) is 0 Å². The van der Waals surface area contributed by atoms with Crippen LogP contribution in [-0.4, -0.2) is 68.2 Å². The van der Waals surface area contributed by atoms with E-state index in [1.807, 2.05) is 7.05 Å². The minimum absolute atomic E-state index is 0.109. The first-order valence-electron chi connectivity index (χ1n) is 9.08. The van der Waals surface area contributed by atoms with Gasteiger partial charge >= 0.3 is 0 Å². The average molecular weight is 406 g/mol. The van der Waals surface area contributed by atoms with Gasteiger partial charge in [0, 0.05) is 49.7 Å². The highest BCUT2D eigenvalue weighted by Crippen LogP contribution is 2.26. The second-order valence-electron chi connectivity index (χ2n) is 7.08. The van der Waals surface area contributed by atoms with E-state index in [1.165, 1.54) is 20.8 Å². The fraction of sp³-hybridized carbons (Fsp3) is 0.421. The molecule has 0 bridgehead atoms. The first kappa shape index (κ1) is 18.6. The molecule has 1 amide bonds. The van der Waals surface area contributed by atoms with Crippen molar-refractivity contribution in [3.63, 3.8) is 0 Å². The number of carbonyl (C=O) groups excluding carboxylic acids is 1. The summed E-state index contributed by atoms with van der Waals surface area (Å²) in [4.78, 5) is 18.4. The molecule has 2 aliphatic heterocycles. The molecule has 0 atom stereocenters. The van der Waals surface area contributed by atoms with Gasteiger partial charge in [-0.3, -0.25) is 4.79 Å². The lowest BCUT2D eigenvalue weighted by molar-refractivity contribution is 0.0735. The van der Waals surface area contributed by atoms with Crippen LogP contribution in [0.2, 0.25) is 0 Å². The number of carbonyl (C=O) groups is 1. The molecular formula is C19H23N3O3S2. The molecule has 3 heterocycles. The molecule has 8 heteroatoms. The van der Waals surface area contributed by atoms with Gasteiger partial charge in [-0.05, 0) is 48.7 Å². The Morgan fingerprint density at radius 3 is 2.63 bits per heavy atom. The summed E-state index contributed by atoms with van der Waals surface area (Å²) in [5.41, 5.74) is 1.63. The van der Waals surface area contributed by atoms with Gasteiger partial charge in [-0.2, -0.15) is 4.31 Å². The summed E-state index contributed by atoms with van der Waals surface area (Å²) in [6.07, 6.45) is 0.859. The summed E-state index contributed by atoms with van der Waals surface area (Å²) < 4.78 is 27.4. The molecule has 6 nitrogen and oxygen atoms in total. The molecule has 0 radical (unpaired) electrons. The summed E-state index contributed by atoms with van der Waals surface area (Å²) in [7, 11) is -1.59. The normalized spacial score (nSPS) is 19.1. The lowest BCUT2D eigenvalue weighted by Crippen LogP contribution is -2.47. The molecular weight excluding hydrogens is 382 g/mol. The Balaban J connectivity index is 1.55. The molecule has 1 aromatic heterocycles. The van der Waals surface area contributed by atoms with E-state index in [9.17, 15) is 13.2 Å². The van der Waals surface area contributed by atoms with Crippen molar-refractivity contribution in [3.05, 3.63) is 51.7 Å². The highest BCUT2D eigenvalue weighted by Gasteiger charge is 2.29. The number of sulfonamides is 1. The zero-order valence-corrected chi connectivity index (χ0v) is 16.9. The summed E-state index contributed by atoms with van der Waals surface area (Å²) in [5, 5.41) is 2.06. The first-order valence-corrected chi connectivity index (χ1v) is 11.4. The average Bonchev–Trinajstić information content (AvgIpc) is 3.15. The molecule has 1 fully saturated rings. The standard InChI is InChI=1S/C19H23N3O3S2/c1-20-8-10-22(11-9-20)27(24,25)17-4-2-3-15(13-17)19(23)21-7-5-18-16(14-21)6-12-26-18/h2-4,6,12-13H,5,7-11,14H2,1H3. The molecule has 0 spiro atoms. The SMILES string of the molecule is CN1CCN(S(=O)(=O)c2cccc(C(=O)N3CCc4sccc4C3)c2)CC1. The largest absolute Gasteiger partial charge is 0.334 e. The minimum atomic E-state index is -3.57. The van der Waals surface area contributed by atoms with Crippen molar-refractivity contribution in [1.82, 2.24) is 14.1 Å². The van der Waals surface area contributed by atoms with E-state index in [1.54, 1.807) is 34.4 Å². The Labute approximate surface area is 164 Å².